The van der Waals surface area contributed by atoms with E-state index < -0.39 is 0 Å². The summed E-state index contributed by atoms with van der Waals surface area (Å²) in [5, 5.41) is 0. The summed E-state index contributed by atoms with van der Waals surface area (Å²) in [7, 11) is 0. The van der Waals surface area contributed by atoms with Gasteiger partial charge in [-0.25, -0.2) is 4.98 Å². The maximum absolute atomic E-state index is 11.8. The van der Waals surface area contributed by atoms with E-state index in [1.165, 1.54) is 0 Å². The summed E-state index contributed by atoms with van der Waals surface area (Å²) < 4.78 is 6.45. The summed E-state index contributed by atoms with van der Waals surface area (Å²) >= 11 is 2.07. The third-order valence-corrected chi connectivity index (χ3v) is 4.09. The van der Waals surface area contributed by atoms with Crippen molar-refractivity contribution in [2.24, 2.45) is 0 Å². The summed E-state index contributed by atoms with van der Waals surface area (Å²) in [5.41, 5.74) is 0.859. The van der Waals surface area contributed by atoms with E-state index in [1.807, 2.05) is 0 Å². The number of aromatic nitrogens is 2. The first-order chi connectivity index (χ1) is 8.11. The summed E-state index contributed by atoms with van der Waals surface area (Å²) in [6.45, 7) is 4.14. The molecule has 4 nitrogen and oxygen atoms in total. The van der Waals surface area contributed by atoms with Crippen molar-refractivity contribution in [1.29, 1.82) is 0 Å². The Hall–Kier alpha value is -0.430. The number of hydrogen-bond acceptors (Lipinski definition) is 3. The van der Waals surface area contributed by atoms with Crippen LogP contribution >= 0.6 is 22.6 Å². The van der Waals surface area contributed by atoms with E-state index in [0.717, 1.165) is 31.4 Å². The van der Waals surface area contributed by atoms with Crippen LogP contribution in [0.4, 0.5) is 0 Å². The molecule has 2 unspecified atom stereocenters. The minimum absolute atomic E-state index is 0.0368. The van der Waals surface area contributed by atoms with Gasteiger partial charge in [0.05, 0.1) is 15.4 Å². The zero-order chi connectivity index (χ0) is 12.4. The van der Waals surface area contributed by atoms with Crippen LogP contribution in [0.15, 0.2) is 4.79 Å². The standard InChI is InChI=1S/C12H17IN2O2/c1-3-4-8-10(13)12(16)15-11(14-8)9-6-5-7(2)17-9/h7,9H,3-6H2,1-2H3,(H,14,15,16). The van der Waals surface area contributed by atoms with Crippen molar-refractivity contribution < 1.29 is 4.74 Å². The molecule has 1 N–H and O–H groups in total. The van der Waals surface area contributed by atoms with Gasteiger partial charge in [-0.05, 0) is 48.8 Å². The molecule has 2 rings (SSSR count). The maximum Gasteiger partial charge on any atom is 0.264 e. The van der Waals surface area contributed by atoms with Crippen LogP contribution in [-0.2, 0) is 11.2 Å². The molecular formula is C12H17IN2O2. The Balaban J connectivity index is 2.32. The molecule has 5 heteroatoms. The monoisotopic (exact) mass is 348 g/mol. The molecule has 0 amide bonds. The molecule has 1 aromatic heterocycles. The van der Waals surface area contributed by atoms with Crippen LogP contribution in [0, 0.1) is 3.57 Å². The molecule has 94 valence electrons. The third kappa shape index (κ3) is 2.88. The smallest absolute Gasteiger partial charge is 0.264 e. The zero-order valence-corrected chi connectivity index (χ0v) is 12.3. The molecule has 0 aromatic carbocycles. The van der Waals surface area contributed by atoms with Crippen molar-refractivity contribution in [2.75, 3.05) is 0 Å². The van der Waals surface area contributed by atoms with E-state index in [9.17, 15) is 4.79 Å². The van der Waals surface area contributed by atoms with Crippen LogP contribution in [0.3, 0.4) is 0 Å². The van der Waals surface area contributed by atoms with E-state index in [2.05, 4.69) is 46.4 Å². The minimum Gasteiger partial charge on any atom is -0.367 e. The number of nitrogens with one attached hydrogen (secondary N) is 1. The Morgan fingerprint density at radius 2 is 2.29 bits per heavy atom. The number of H-pyrrole nitrogens is 1. The van der Waals surface area contributed by atoms with Crippen LogP contribution in [0.25, 0.3) is 0 Å². The lowest BCUT2D eigenvalue weighted by molar-refractivity contribution is 0.0499. The number of aromatic amines is 1. The molecule has 0 aliphatic carbocycles. The Morgan fingerprint density at radius 1 is 1.53 bits per heavy atom. The molecule has 2 atom stereocenters. The highest BCUT2D eigenvalue weighted by molar-refractivity contribution is 14.1. The van der Waals surface area contributed by atoms with Crippen LogP contribution in [0.5, 0.6) is 0 Å². The van der Waals surface area contributed by atoms with Gasteiger partial charge in [0.25, 0.3) is 5.56 Å². The van der Waals surface area contributed by atoms with Gasteiger partial charge >= 0.3 is 0 Å². The highest BCUT2D eigenvalue weighted by Crippen LogP contribution is 2.30. The maximum atomic E-state index is 11.8. The van der Waals surface area contributed by atoms with Crippen molar-refractivity contribution in [3.63, 3.8) is 0 Å². The fourth-order valence-corrected chi connectivity index (χ4v) is 2.61. The highest BCUT2D eigenvalue weighted by atomic mass is 127. The molecule has 17 heavy (non-hydrogen) atoms. The number of nitrogens with zero attached hydrogens (tertiary/aromatic N) is 1. The van der Waals surface area contributed by atoms with E-state index in [-0.39, 0.29) is 17.8 Å². The predicted molar refractivity (Wildman–Crippen MR) is 74.1 cm³/mol. The molecule has 1 aliphatic rings. The first-order valence-corrected chi connectivity index (χ1v) is 7.13. The molecule has 0 bridgehead atoms. The third-order valence-electron chi connectivity index (χ3n) is 2.97. The molecule has 0 radical (unpaired) electrons. The predicted octanol–water partition coefficient (Wildman–Crippen LogP) is 2.57. The van der Waals surface area contributed by atoms with Crippen molar-refractivity contribution in [2.45, 2.75) is 51.7 Å². The summed E-state index contributed by atoms with van der Waals surface area (Å²) in [5.74, 6) is 0.697. The second kappa shape index (κ2) is 5.48. The van der Waals surface area contributed by atoms with Gasteiger partial charge in [-0.15, -0.1) is 0 Å². The average Bonchev–Trinajstić information content (AvgIpc) is 2.71. The Labute approximate surface area is 114 Å². The first kappa shape index (κ1) is 13.0. The normalized spacial score (nSPS) is 24.2. The van der Waals surface area contributed by atoms with Gasteiger partial charge in [-0.1, -0.05) is 13.3 Å². The molecular weight excluding hydrogens is 331 g/mol. The Bertz CT molecular complexity index is 458. The number of ether oxygens (including phenoxy) is 1. The van der Waals surface area contributed by atoms with Gasteiger partial charge in [-0.2, -0.15) is 0 Å². The van der Waals surface area contributed by atoms with E-state index in [4.69, 9.17) is 4.74 Å². The molecule has 1 aromatic rings. The highest BCUT2D eigenvalue weighted by Gasteiger charge is 2.26. The topological polar surface area (TPSA) is 55.0 Å². The molecule has 1 fully saturated rings. The molecule has 1 saturated heterocycles. The van der Waals surface area contributed by atoms with Gasteiger partial charge in [0, 0.05) is 0 Å². The fraction of sp³-hybridized carbons (Fsp3) is 0.667. The molecule has 0 spiro atoms. The zero-order valence-electron chi connectivity index (χ0n) is 10.1. The van der Waals surface area contributed by atoms with E-state index in [1.54, 1.807) is 0 Å². The lowest BCUT2D eigenvalue weighted by atomic mass is 10.2. The summed E-state index contributed by atoms with van der Waals surface area (Å²) in [6, 6.07) is 0. The van der Waals surface area contributed by atoms with E-state index >= 15 is 0 Å². The van der Waals surface area contributed by atoms with Gasteiger partial charge in [0.2, 0.25) is 0 Å². The van der Waals surface area contributed by atoms with Gasteiger partial charge in [0.1, 0.15) is 11.9 Å². The van der Waals surface area contributed by atoms with Crippen LogP contribution < -0.4 is 5.56 Å². The quantitative estimate of drug-likeness (QED) is 0.855. The molecule has 1 aliphatic heterocycles. The molecule has 2 heterocycles. The van der Waals surface area contributed by atoms with Crippen molar-refractivity contribution in [3.8, 4) is 0 Å². The Morgan fingerprint density at radius 3 is 2.88 bits per heavy atom. The first-order valence-electron chi connectivity index (χ1n) is 6.05. The van der Waals surface area contributed by atoms with Gasteiger partial charge < -0.3 is 9.72 Å². The number of aryl methyl sites for hydroxylation is 1. The number of hydrogen-bond donors (Lipinski definition) is 1. The fourth-order valence-electron chi connectivity index (χ4n) is 2.08. The lowest BCUT2D eigenvalue weighted by Crippen LogP contribution is -2.20. The van der Waals surface area contributed by atoms with Crippen LogP contribution in [0.1, 0.15) is 50.7 Å². The second-order valence-electron chi connectivity index (χ2n) is 4.47. The summed E-state index contributed by atoms with van der Waals surface area (Å²) in [6.07, 6.45) is 4.04. The summed E-state index contributed by atoms with van der Waals surface area (Å²) in [4.78, 5) is 19.2. The SMILES string of the molecule is CCCc1nc(C2CCC(C)O2)[nH]c(=O)c1I. The van der Waals surface area contributed by atoms with Gasteiger partial charge in [0.15, 0.2) is 0 Å². The Kier molecular flexibility index (Phi) is 4.19. The lowest BCUT2D eigenvalue weighted by Gasteiger charge is -2.12. The van der Waals surface area contributed by atoms with Crippen molar-refractivity contribution >= 4 is 22.6 Å². The van der Waals surface area contributed by atoms with Crippen LogP contribution in [0.2, 0.25) is 0 Å². The van der Waals surface area contributed by atoms with Crippen molar-refractivity contribution in [1.82, 2.24) is 9.97 Å². The second-order valence-corrected chi connectivity index (χ2v) is 5.55. The number of rotatable bonds is 3. The van der Waals surface area contributed by atoms with Gasteiger partial charge in [-0.3, -0.25) is 4.79 Å². The van der Waals surface area contributed by atoms with E-state index in [0.29, 0.717) is 9.39 Å². The van der Waals surface area contributed by atoms with Crippen molar-refractivity contribution in [3.05, 3.63) is 25.4 Å². The molecule has 0 saturated carbocycles. The average molecular weight is 348 g/mol. The van der Waals surface area contributed by atoms with Crippen LogP contribution in [-0.4, -0.2) is 16.1 Å². The minimum atomic E-state index is -0.0396. The number of halogens is 1. The largest absolute Gasteiger partial charge is 0.367 e.